The summed E-state index contributed by atoms with van der Waals surface area (Å²) in [4.78, 5) is 11.9. The van der Waals surface area contributed by atoms with Gasteiger partial charge >= 0.3 is 0 Å². The average molecular weight is 257 g/mol. The van der Waals surface area contributed by atoms with E-state index in [9.17, 15) is 4.79 Å². The summed E-state index contributed by atoms with van der Waals surface area (Å²) in [6.45, 7) is 3.52. The first-order valence-electron chi connectivity index (χ1n) is 5.76. The van der Waals surface area contributed by atoms with E-state index in [0.29, 0.717) is 6.54 Å². The minimum Gasteiger partial charge on any atom is -0.354 e. The molecule has 1 amide bonds. The molecule has 0 aliphatic heterocycles. The van der Waals surface area contributed by atoms with E-state index in [1.807, 2.05) is 44.3 Å². The molecule has 96 valence electrons. The Balaban J connectivity index is 0.00000256. The molecule has 0 aliphatic rings. The van der Waals surface area contributed by atoms with Crippen LogP contribution in [0.5, 0.6) is 0 Å². The summed E-state index contributed by atoms with van der Waals surface area (Å²) >= 11 is 0. The van der Waals surface area contributed by atoms with Crippen LogP contribution in [0.2, 0.25) is 0 Å². The number of hydrogen-bond donors (Lipinski definition) is 2. The number of carbonyl (C=O) groups excluding carboxylic acids is 1. The third-order valence-electron chi connectivity index (χ3n) is 2.60. The van der Waals surface area contributed by atoms with Crippen LogP contribution in [0.4, 0.5) is 0 Å². The van der Waals surface area contributed by atoms with Crippen molar-refractivity contribution >= 4 is 18.3 Å². The molecule has 0 saturated carbocycles. The van der Waals surface area contributed by atoms with Crippen LogP contribution in [0.1, 0.15) is 24.8 Å². The third-order valence-corrected chi connectivity index (χ3v) is 2.60. The smallest absolute Gasteiger partial charge is 0.227 e. The van der Waals surface area contributed by atoms with Gasteiger partial charge in [-0.05, 0) is 19.0 Å². The Hall–Kier alpha value is -1.06. The number of rotatable bonds is 6. The summed E-state index contributed by atoms with van der Waals surface area (Å²) < 4.78 is 0. The minimum absolute atomic E-state index is 0. The Labute approximate surface area is 109 Å². The molecular formula is C13H21ClN2O. The van der Waals surface area contributed by atoms with Crippen LogP contribution in [0, 0.1) is 0 Å². The summed E-state index contributed by atoms with van der Waals surface area (Å²) in [5, 5.41) is 5.94. The largest absolute Gasteiger partial charge is 0.354 e. The van der Waals surface area contributed by atoms with E-state index in [0.717, 1.165) is 18.5 Å². The molecule has 0 aromatic heterocycles. The van der Waals surface area contributed by atoms with Gasteiger partial charge in [-0.2, -0.15) is 0 Å². The van der Waals surface area contributed by atoms with Crippen LogP contribution in [-0.2, 0) is 4.79 Å². The van der Waals surface area contributed by atoms with Crippen molar-refractivity contribution < 1.29 is 4.79 Å². The number of amides is 1. The number of nitrogens with one attached hydrogen (secondary N) is 2. The fourth-order valence-electron chi connectivity index (χ4n) is 1.69. The second-order valence-electron chi connectivity index (χ2n) is 3.77. The number of likely N-dealkylation sites (N-methyl/N-ethyl adjacent to an activating group) is 1. The van der Waals surface area contributed by atoms with E-state index in [1.165, 1.54) is 0 Å². The van der Waals surface area contributed by atoms with Crippen molar-refractivity contribution in [1.82, 2.24) is 10.6 Å². The zero-order valence-electron chi connectivity index (χ0n) is 10.4. The number of hydrogen-bond acceptors (Lipinski definition) is 2. The molecule has 2 N–H and O–H groups in total. The second kappa shape index (κ2) is 9.02. The van der Waals surface area contributed by atoms with Crippen molar-refractivity contribution in [2.45, 2.75) is 19.3 Å². The second-order valence-corrected chi connectivity index (χ2v) is 3.77. The summed E-state index contributed by atoms with van der Waals surface area (Å²) in [6.07, 6.45) is 0.829. The molecule has 4 heteroatoms. The highest BCUT2D eigenvalue weighted by molar-refractivity contribution is 5.85. The number of carbonyl (C=O) groups is 1. The molecule has 1 aromatic rings. The molecule has 0 saturated heterocycles. The van der Waals surface area contributed by atoms with E-state index < -0.39 is 0 Å². The van der Waals surface area contributed by atoms with Gasteiger partial charge in [-0.25, -0.2) is 0 Å². The van der Waals surface area contributed by atoms with Crippen LogP contribution in [0.3, 0.4) is 0 Å². The third kappa shape index (κ3) is 5.20. The average Bonchev–Trinajstić information content (AvgIpc) is 2.32. The molecule has 0 fully saturated rings. The Morgan fingerprint density at radius 3 is 2.41 bits per heavy atom. The van der Waals surface area contributed by atoms with Crippen LogP contribution in [-0.4, -0.2) is 26.0 Å². The lowest BCUT2D eigenvalue weighted by Gasteiger charge is -2.15. The molecule has 1 atom stereocenters. The topological polar surface area (TPSA) is 41.1 Å². The van der Waals surface area contributed by atoms with E-state index in [4.69, 9.17) is 0 Å². The van der Waals surface area contributed by atoms with E-state index in [2.05, 4.69) is 10.6 Å². The minimum atomic E-state index is -0.0296. The van der Waals surface area contributed by atoms with Crippen molar-refractivity contribution in [3.05, 3.63) is 35.9 Å². The summed E-state index contributed by atoms with van der Waals surface area (Å²) in [5.41, 5.74) is 1.09. The molecular weight excluding hydrogens is 236 g/mol. The Kier molecular flexibility index (Phi) is 8.46. The van der Waals surface area contributed by atoms with Gasteiger partial charge < -0.3 is 10.6 Å². The SMILES string of the molecule is CCC(C(=O)NCCNC)c1ccccc1.Cl. The fourth-order valence-corrected chi connectivity index (χ4v) is 1.69. The lowest BCUT2D eigenvalue weighted by Crippen LogP contribution is -2.34. The zero-order chi connectivity index (χ0) is 11.8. The normalized spacial score (nSPS) is 11.4. The summed E-state index contributed by atoms with van der Waals surface area (Å²) in [7, 11) is 1.88. The van der Waals surface area contributed by atoms with Crippen molar-refractivity contribution in [1.29, 1.82) is 0 Å². The molecule has 1 aromatic carbocycles. The first-order valence-corrected chi connectivity index (χ1v) is 5.76. The highest BCUT2D eigenvalue weighted by atomic mass is 35.5. The van der Waals surface area contributed by atoms with Crippen LogP contribution in [0.15, 0.2) is 30.3 Å². The molecule has 0 radical (unpaired) electrons. The van der Waals surface area contributed by atoms with Gasteiger partial charge in [0.05, 0.1) is 5.92 Å². The maximum Gasteiger partial charge on any atom is 0.227 e. The predicted molar refractivity (Wildman–Crippen MR) is 73.7 cm³/mol. The van der Waals surface area contributed by atoms with Gasteiger partial charge in [-0.1, -0.05) is 37.3 Å². The Morgan fingerprint density at radius 2 is 1.88 bits per heavy atom. The van der Waals surface area contributed by atoms with E-state index in [-0.39, 0.29) is 24.2 Å². The molecule has 0 aliphatic carbocycles. The first-order chi connectivity index (χ1) is 7.79. The summed E-state index contributed by atoms with van der Waals surface area (Å²) in [6, 6.07) is 9.92. The summed E-state index contributed by atoms with van der Waals surface area (Å²) in [5.74, 6) is 0.0852. The maximum atomic E-state index is 11.9. The van der Waals surface area contributed by atoms with E-state index in [1.54, 1.807) is 0 Å². The highest BCUT2D eigenvalue weighted by Crippen LogP contribution is 2.18. The van der Waals surface area contributed by atoms with Gasteiger partial charge in [-0.3, -0.25) is 4.79 Å². The van der Waals surface area contributed by atoms with Gasteiger partial charge in [0.15, 0.2) is 0 Å². The van der Waals surface area contributed by atoms with Crippen LogP contribution >= 0.6 is 12.4 Å². The lowest BCUT2D eigenvalue weighted by molar-refractivity contribution is -0.122. The van der Waals surface area contributed by atoms with Gasteiger partial charge in [0.1, 0.15) is 0 Å². The number of benzene rings is 1. The van der Waals surface area contributed by atoms with Gasteiger partial charge in [0, 0.05) is 13.1 Å². The molecule has 17 heavy (non-hydrogen) atoms. The Morgan fingerprint density at radius 1 is 1.24 bits per heavy atom. The molecule has 0 spiro atoms. The lowest BCUT2D eigenvalue weighted by atomic mass is 9.96. The van der Waals surface area contributed by atoms with Crippen LogP contribution in [0.25, 0.3) is 0 Å². The molecule has 1 rings (SSSR count). The highest BCUT2D eigenvalue weighted by Gasteiger charge is 2.17. The molecule has 1 unspecified atom stereocenters. The fraction of sp³-hybridized carbons (Fsp3) is 0.462. The van der Waals surface area contributed by atoms with Gasteiger partial charge in [-0.15, -0.1) is 12.4 Å². The number of halogens is 1. The van der Waals surface area contributed by atoms with Gasteiger partial charge in [0.25, 0.3) is 0 Å². The van der Waals surface area contributed by atoms with Gasteiger partial charge in [0.2, 0.25) is 5.91 Å². The zero-order valence-corrected chi connectivity index (χ0v) is 11.2. The van der Waals surface area contributed by atoms with Crippen molar-refractivity contribution in [2.24, 2.45) is 0 Å². The quantitative estimate of drug-likeness (QED) is 0.764. The van der Waals surface area contributed by atoms with Crippen LogP contribution < -0.4 is 10.6 Å². The Bertz CT molecular complexity index is 316. The molecule has 0 heterocycles. The maximum absolute atomic E-state index is 11.9. The standard InChI is InChI=1S/C13H20N2O.ClH/c1-3-12(11-7-5-4-6-8-11)13(16)15-10-9-14-2;/h4-8,12,14H,3,9-10H2,1-2H3,(H,15,16);1H. The monoisotopic (exact) mass is 256 g/mol. The van der Waals surface area contributed by atoms with Crippen molar-refractivity contribution in [2.75, 3.05) is 20.1 Å². The molecule has 0 bridgehead atoms. The van der Waals surface area contributed by atoms with Crippen molar-refractivity contribution in [3.63, 3.8) is 0 Å². The van der Waals surface area contributed by atoms with E-state index >= 15 is 0 Å². The molecule has 3 nitrogen and oxygen atoms in total. The van der Waals surface area contributed by atoms with Crippen molar-refractivity contribution in [3.8, 4) is 0 Å². The first kappa shape index (κ1) is 15.9. The predicted octanol–water partition coefficient (Wildman–Crippen LogP) is 1.94.